The van der Waals surface area contributed by atoms with Crippen LogP contribution >= 0.6 is 46.4 Å². The predicted molar refractivity (Wildman–Crippen MR) is 69.7 cm³/mol. The first-order chi connectivity index (χ1) is 7.59. The first kappa shape index (κ1) is 12.0. The van der Waals surface area contributed by atoms with Gasteiger partial charge in [0.1, 0.15) is 5.15 Å². The maximum atomic E-state index is 6.05. The molecule has 0 saturated heterocycles. The summed E-state index contributed by atoms with van der Waals surface area (Å²) in [6, 6.07) is 8.81. The van der Waals surface area contributed by atoms with E-state index in [2.05, 4.69) is 4.98 Å². The van der Waals surface area contributed by atoms with Gasteiger partial charge in [-0.3, -0.25) is 0 Å². The van der Waals surface area contributed by atoms with Crippen molar-refractivity contribution in [3.63, 3.8) is 0 Å². The van der Waals surface area contributed by atoms with Crippen LogP contribution in [0.1, 0.15) is 0 Å². The van der Waals surface area contributed by atoms with E-state index >= 15 is 0 Å². The lowest BCUT2D eigenvalue weighted by Crippen LogP contribution is -1.88. The van der Waals surface area contributed by atoms with Crippen molar-refractivity contribution in [1.82, 2.24) is 4.98 Å². The number of hydrogen-bond donors (Lipinski definition) is 0. The zero-order valence-electron chi connectivity index (χ0n) is 7.85. The second kappa shape index (κ2) is 4.80. The molecule has 0 unspecified atom stereocenters. The van der Waals surface area contributed by atoms with Crippen molar-refractivity contribution < 1.29 is 0 Å². The van der Waals surface area contributed by atoms with E-state index in [1.807, 2.05) is 18.2 Å². The number of nitrogens with zero attached hydrogens (tertiary/aromatic N) is 1. The number of benzene rings is 1. The minimum atomic E-state index is 0.209. The highest BCUT2D eigenvalue weighted by atomic mass is 35.5. The summed E-state index contributed by atoms with van der Waals surface area (Å²) in [5.74, 6) is 0. The average Bonchev–Trinajstić information content (AvgIpc) is 2.25. The molecule has 0 aliphatic carbocycles. The average molecular weight is 293 g/mol. The third kappa shape index (κ3) is 2.28. The second-order valence-corrected chi connectivity index (χ2v) is 4.65. The molecule has 2 rings (SSSR count). The fourth-order valence-corrected chi connectivity index (χ4v) is 2.11. The van der Waals surface area contributed by atoms with Gasteiger partial charge in [-0.2, -0.15) is 0 Å². The minimum absolute atomic E-state index is 0.209. The van der Waals surface area contributed by atoms with E-state index in [0.29, 0.717) is 20.8 Å². The van der Waals surface area contributed by atoms with Crippen LogP contribution in [0.4, 0.5) is 0 Å². The number of pyridine rings is 1. The molecule has 0 spiro atoms. The molecule has 1 aromatic heterocycles. The Balaban J connectivity index is 2.65. The van der Waals surface area contributed by atoms with Gasteiger partial charge in [0.15, 0.2) is 0 Å². The van der Waals surface area contributed by atoms with Gasteiger partial charge in [0.25, 0.3) is 0 Å². The molecule has 0 fully saturated rings. The summed E-state index contributed by atoms with van der Waals surface area (Å²) in [4.78, 5) is 4.12. The van der Waals surface area contributed by atoms with Crippen molar-refractivity contribution in [3.8, 4) is 11.3 Å². The number of aromatic nitrogens is 1. The Hall–Kier alpha value is -0.470. The van der Waals surface area contributed by atoms with Crippen molar-refractivity contribution in [2.45, 2.75) is 0 Å². The highest BCUT2D eigenvalue weighted by Crippen LogP contribution is 2.35. The first-order valence-electron chi connectivity index (χ1n) is 4.36. The van der Waals surface area contributed by atoms with E-state index in [4.69, 9.17) is 46.4 Å². The van der Waals surface area contributed by atoms with E-state index < -0.39 is 0 Å². The maximum Gasteiger partial charge on any atom is 0.148 e. The van der Waals surface area contributed by atoms with Gasteiger partial charge in [-0.05, 0) is 12.1 Å². The Morgan fingerprint density at radius 3 is 2.19 bits per heavy atom. The molecule has 0 saturated carbocycles. The number of halogens is 4. The van der Waals surface area contributed by atoms with Crippen molar-refractivity contribution in [3.05, 3.63) is 50.6 Å². The van der Waals surface area contributed by atoms with Gasteiger partial charge in [-0.15, -0.1) is 0 Å². The Bertz CT molecular complexity index is 540. The lowest BCUT2D eigenvalue weighted by molar-refractivity contribution is 1.32. The van der Waals surface area contributed by atoms with Gasteiger partial charge in [0.05, 0.1) is 20.8 Å². The van der Waals surface area contributed by atoms with E-state index in [0.717, 1.165) is 5.56 Å². The predicted octanol–water partition coefficient (Wildman–Crippen LogP) is 5.36. The van der Waals surface area contributed by atoms with Crippen LogP contribution in [-0.4, -0.2) is 4.98 Å². The van der Waals surface area contributed by atoms with Gasteiger partial charge >= 0.3 is 0 Å². The zero-order chi connectivity index (χ0) is 11.7. The van der Waals surface area contributed by atoms with E-state index in [1.165, 1.54) is 0 Å². The normalized spacial score (nSPS) is 10.5. The molecule has 1 aromatic carbocycles. The molecule has 0 bridgehead atoms. The Morgan fingerprint density at radius 1 is 0.812 bits per heavy atom. The second-order valence-electron chi connectivity index (χ2n) is 3.07. The summed E-state index contributed by atoms with van der Waals surface area (Å²) in [6.45, 7) is 0. The minimum Gasteiger partial charge on any atom is -0.233 e. The van der Waals surface area contributed by atoms with Crippen LogP contribution in [0.25, 0.3) is 11.3 Å². The van der Waals surface area contributed by atoms with E-state index in [1.54, 1.807) is 12.1 Å². The van der Waals surface area contributed by atoms with Gasteiger partial charge in [-0.1, -0.05) is 64.6 Å². The molecule has 0 N–H and O–H groups in total. The highest BCUT2D eigenvalue weighted by Gasteiger charge is 2.12. The van der Waals surface area contributed by atoms with E-state index in [-0.39, 0.29) is 5.15 Å². The topological polar surface area (TPSA) is 12.9 Å². The van der Waals surface area contributed by atoms with Crippen molar-refractivity contribution in [2.24, 2.45) is 0 Å². The standard InChI is InChI=1S/C11H5Cl4N/c12-7-4-2-1-3-6(7)10-8(13)5-9(14)11(15)16-10/h1-5H. The molecule has 1 nitrogen and oxygen atoms in total. The summed E-state index contributed by atoms with van der Waals surface area (Å²) in [7, 11) is 0. The van der Waals surface area contributed by atoms with Crippen molar-refractivity contribution >= 4 is 46.4 Å². The number of rotatable bonds is 1. The fraction of sp³-hybridized carbons (Fsp3) is 0. The summed E-state index contributed by atoms with van der Waals surface area (Å²) in [6.07, 6.45) is 0. The lowest BCUT2D eigenvalue weighted by Gasteiger charge is -2.07. The third-order valence-corrected chi connectivity index (χ3v) is 3.31. The molecule has 0 aliphatic heterocycles. The van der Waals surface area contributed by atoms with Crippen molar-refractivity contribution in [1.29, 1.82) is 0 Å². The molecule has 0 atom stereocenters. The van der Waals surface area contributed by atoms with Gasteiger partial charge in [-0.25, -0.2) is 4.98 Å². The molecule has 2 aromatic rings. The highest BCUT2D eigenvalue weighted by molar-refractivity contribution is 6.43. The molecular formula is C11H5Cl4N. The van der Waals surface area contributed by atoms with Crippen LogP contribution in [-0.2, 0) is 0 Å². The van der Waals surface area contributed by atoms with E-state index in [9.17, 15) is 0 Å². The number of hydrogen-bond acceptors (Lipinski definition) is 1. The molecule has 16 heavy (non-hydrogen) atoms. The van der Waals surface area contributed by atoms with Crippen molar-refractivity contribution in [2.75, 3.05) is 0 Å². The Morgan fingerprint density at radius 2 is 1.50 bits per heavy atom. The van der Waals surface area contributed by atoms with Crippen LogP contribution in [0.15, 0.2) is 30.3 Å². The summed E-state index contributed by atoms with van der Waals surface area (Å²) in [5, 5.41) is 1.52. The molecular weight excluding hydrogens is 288 g/mol. The third-order valence-electron chi connectivity index (χ3n) is 2.02. The largest absolute Gasteiger partial charge is 0.233 e. The quantitative estimate of drug-likeness (QED) is 0.645. The fourth-order valence-electron chi connectivity index (χ4n) is 1.29. The molecule has 1 heterocycles. The van der Waals surface area contributed by atoms with Crippen LogP contribution in [0.5, 0.6) is 0 Å². The lowest BCUT2D eigenvalue weighted by atomic mass is 10.1. The molecule has 0 radical (unpaired) electrons. The van der Waals surface area contributed by atoms with Crippen LogP contribution in [0.3, 0.4) is 0 Å². The molecule has 0 aliphatic rings. The molecule has 5 heteroatoms. The molecule has 82 valence electrons. The Labute approximate surface area is 113 Å². The monoisotopic (exact) mass is 291 g/mol. The summed E-state index contributed by atoms with van der Waals surface area (Å²) >= 11 is 23.7. The maximum absolute atomic E-state index is 6.05. The van der Waals surface area contributed by atoms with Crippen LogP contribution < -0.4 is 0 Å². The van der Waals surface area contributed by atoms with Crippen LogP contribution in [0.2, 0.25) is 20.2 Å². The SMILES string of the molecule is Clc1ccccc1-c1nc(Cl)c(Cl)cc1Cl. The van der Waals surface area contributed by atoms with Gasteiger partial charge < -0.3 is 0 Å². The first-order valence-corrected chi connectivity index (χ1v) is 5.87. The van der Waals surface area contributed by atoms with Crippen LogP contribution in [0, 0.1) is 0 Å². The summed E-state index contributed by atoms with van der Waals surface area (Å²) in [5.41, 5.74) is 1.26. The van der Waals surface area contributed by atoms with Gasteiger partial charge in [0.2, 0.25) is 0 Å². The smallest absolute Gasteiger partial charge is 0.148 e. The molecule has 0 amide bonds. The van der Waals surface area contributed by atoms with Gasteiger partial charge in [0, 0.05) is 5.56 Å². The zero-order valence-corrected chi connectivity index (χ0v) is 10.9. The Kier molecular flexibility index (Phi) is 3.60. The summed E-state index contributed by atoms with van der Waals surface area (Å²) < 4.78 is 0.